The number of oxime groups is 1. The van der Waals surface area contributed by atoms with E-state index in [-0.39, 0.29) is 18.8 Å². The van der Waals surface area contributed by atoms with Gasteiger partial charge in [0.1, 0.15) is 23.9 Å². The van der Waals surface area contributed by atoms with Crippen molar-refractivity contribution in [2.24, 2.45) is 5.16 Å². The maximum Gasteiger partial charge on any atom is 0.339 e. The third-order valence-corrected chi connectivity index (χ3v) is 4.38. The Balaban J connectivity index is 1.59. The molecule has 3 aromatic rings. The molecule has 0 saturated heterocycles. The van der Waals surface area contributed by atoms with E-state index in [1.807, 2.05) is 0 Å². The minimum Gasteiger partial charge on any atom is -0.496 e. The van der Waals surface area contributed by atoms with Gasteiger partial charge in [-0.1, -0.05) is 28.9 Å². The Morgan fingerprint density at radius 1 is 1.07 bits per heavy atom. The fourth-order valence-electron chi connectivity index (χ4n) is 2.63. The van der Waals surface area contributed by atoms with Gasteiger partial charge >= 0.3 is 5.97 Å². The molecule has 7 heteroatoms. The van der Waals surface area contributed by atoms with Crippen molar-refractivity contribution in [2.75, 3.05) is 7.11 Å². The summed E-state index contributed by atoms with van der Waals surface area (Å²) in [6.45, 7) is 0.215. The molecule has 0 N–H and O–H groups in total. The van der Waals surface area contributed by atoms with Gasteiger partial charge in [0.15, 0.2) is 0 Å². The molecular weight excluding hydrogens is 409 g/mol. The molecule has 154 valence electrons. The van der Waals surface area contributed by atoms with Gasteiger partial charge in [0.2, 0.25) is 0 Å². The van der Waals surface area contributed by atoms with E-state index < -0.39 is 5.97 Å². The van der Waals surface area contributed by atoms with Gasteiger partial charge in [0.25, 0.3) is 0 Å². The van der Waals surface area contributed by atoms with Crippen LogP contribution in [0.25, 0.3) is 0 Å². The van der Waals surface area contributed by atoms with Crippen LogP contribution in [0.15, 0.2) is 71.9 Å². The molecule has 5 nitrogen and oxygen atoms in total. The molecular formula is C23H19ClFNO4. The first-order chi connectivity index (χ1) is 14.5. The van der Waals surface area contributed by atoms with Gasteiger partial charge in [0.05, 0.1) is 19.7 Å². The molecule has 0 aliphatic heterocycles. The number of nitrogens with zero attached hydrogens (tertiary/aromatic N) is 1. The number of carbonyl (C=O) groups is 1. The van der Waals surface area contributed by atoms with E-state index in [0.29, 0.717) is 22.1 Å². The third kappa shape index (κ3) is 6.32. The van der Waals surface area contributed by atoms with E-state index in [9.17, 15) is 9.18 Å². The minimum absolute atomic E-state index is 0.0912. The molecule has 0 spiro atoms. The highest BCUT2D eigenvalue weighted by Gasteiger charge is 2.07. The molecule has 0 aromatic heterocycles. The van der Waals surface area contributed by atoms with E-state index in [1.54, 1.807) is 61.7 Å². The molecule has 0 atom stereocenters. The zero-order valence-corrected chi connectivity index (χ0v) is 16.9. The number of benzene rings is 3. The van der Waals surface area contributed by atoms with Crippen molar-refractivity contribution < 1.29 is 23.5 Å². The van der Waals surface area contributed by atoms with Gasteiger partial charge in [-0.05, 0) is 65.7 Å². The summed E-state index contributed by atoms with van der Waals surface area (Å²) in [5.74, 6) is 0.355. The molecule has 0 heterocycles. The molecule has 3 rings (SSSR count). The standard InChI is InChI=1S/C23H19ClFNO4/c1-28-22-11-4-17(12-18(22)15-29-21-9-7-20(25)8-10-21)14-26-30-23(27)13-16-2-5-19(24)6-3-16/h2-12,14H,13,15H2,1H3/b26-14+. The Bertz CT molecular complexity index is 1020. The predicted molar refractivity (Wildman–Crippen MR) is 113 cm³/mol. The molecule has 0 bridgehead atoms. The zero-order chi connectivity index (χ0) is 21.3. The van der Waals surface area contributed by atoms with E-state index in [1.165, 1.54) is 18.3 Å². The number of halogens is 2. The van der Waals surface area contributed by atoms with E-state index in [2.05, 4.69) is 5.16 Å². The SMILES string of the molecule is COc1ccc(/C=N/OC(=O)Cc2ccc(Cl)cc2)cc1COc1ccc(F)cc1. The lowest BCUT2D eigenvalue weighted by molar-refractivity contribution is -0.142. The summed E-state index contributed by atoms with van der Waals surface area (Å²) in [4.78, 5) is 16.8. The maximum absolute atomic E-state index is 13.0. The lowest BCUT2D eigenvalue weighted by Crippen LogP contribution is -2.04. The van der Waals surface area contributed by atoms with Crippen molar-refractivity contribution >= 4 is 23.8 Å². The molecule has 0 saturated carbocycles. The summed E-state index contributed by atoms with van der Waals surface area (Å²) in [5, 5.41) is 4.36. The van der Waals surface area contributed by atoms with Crippen LogP contribution in [-0.4, -0.2) is 19.3 Å². The summed E-state index contributed by atoms with van der Waals surface area (Å²) in [6, 6.07) is 18.0. The molecule has 0 fully saturated rings. The number of rotatable bonds is 8. The molecule has 0 amide bonds. The second-order valence-corrected chi connectivity index (χ2v) is 6.75. The van der Waals surface area contributed by atoms with Gasteiger partial charge in [-0.15, -0.1) is 0 Å². The van der Waals surface area contributed by atoms with Crippen LogP contribution in [0.4, 0.5) is 4.39 Å². The molecule has 0 radical (unpaired) electrons. The molecule has 0 aliphatic rings. The summed E-state index contributed by atoms with van der Waals surface area (Å²) in [6.07, 6.45) is 1.52. The van der Waals surface area contributed by atoms with Gasteiger partial charge in [-0.3, -0.25) is 0 Å². The Labute approximate surface area is 178 Å². The van der Waals surface area contributed by atoms with Crippen molar-refractivity contribution in [2.45, 2.75) is 13.0 Å². The van der Waals surface area contributed by atoms with E-state index in [4.69, 9.17) is 25.9 Å². The number of hydrogen-bond donors (Lipinski definition) is 0. The van der Waals surface area contributed by atoms with E-state index in [0.717, 1.165) is 11.1 Å². The highest BCUT2D eigenvalue weighted by molar-refractivity contribution is 6.30. The Morgan fingerprint density at radius 3 is 2.50 bits per heavy atom. The highest BCUT2D eigenvalue weighted by atomic mass is 35.5. The Hall–Kier alpha value is -3.38. The smallest absolute Gasteiger partial charge is 0.339 e. The number of ether oxygens (including phenoxy) is 2. The van der Waals surface area contributed by atoms with E-state index >= 15 is 0 Å². The summed E-state index contributed by atoms with van der Waals surface area (Å²) < 4.78 is 24.0. The van der Waals surface area contributed by atoms with Crippen molar-refractivity contribution in [3.05, 3.63) is 94.3 Å². The van der Waals surface area contributed by atoms with Gasteiger partial charge in [-0.25, -0.2) is 9.18 Å². The monoisotopic (exact) mass is 427 g/mol. The van der Waals surface area contributed by atoms with Crippen molar-refractivity contribution in [3.8, 4) is 11.5 Å². The Kier molecular flexibility index (Phi) is 7.40. The van der Waals surface area contributed by atoms with Crippen LogP contribution in [0.2, 0.25) is 5.02 Å². The van der Waals surface area contributed by atoms with Crippen LogP contribution in [0.3, 0.4) is 0 Å². The fourth-order valence-corrected chi connectivity index (χ4v) is 2.76. The first kappa shape index (κ1) is 21.3. The van der Waals surface area contributed by atoms with Crippen LogP contribution in [0.5, 0.6) is 11.5 Å². The maximum atomic E-state index is 13.0. The number of hydrogen-bond acceptors (Lipinski definition) is 5. The lowest BCUT2D eigenvalue weighted by Gasteiger charge is -2.11. The second kappa shape index (κ2) is 10.4. The quantitative estimate of drug-likeness (QED) is 0.282. The van der Waals surface area contributed by atoms with Crippen LogP contribution in [-0.2, 0) is 22.7 Å². The first-order valence-electron chi connectivity index (χ1n) is 9.06. The largest absolute Gasteiger partial charge is 0.496 e. The zero-order valence-electron chi connectivity index (χ0n) is 16.2. The summed E-state index contributed by atoms with van der Waals surface area (Å²) in [5.41, 5.74) is 2.25. The van der Waals surface area contributed by atoms with Crippen molar-refractivity contribution in [1.29, 1.82) is 0 Å². The summed E-state index contributed by atoms with van der Waals surface area (Å²) in [7, 11) is 1.56. The van der Waals surface area contributed by atoms with Gasteiger partial charge in [0, 0.05) is 10.6 Å². The van der Waals surface area contributed by atoms with Crippen LogP contribution in [0.1, 0.15) is 16.7 Å². The van der Waals surface area contributed by atoms with Crippen LogP contribution in [0, 0.1) is 5.82 Å². The topological polar surface area (TPSA) is 57.1 Å². The number of methoxy groups -OCH3 is 1. The molecule has 3 aromatic carbocycles. The average molecular weight is 428 g/mol. The van der Waals surface area contributed by atoms with Crippen molar-refractivity contribution in [1.82, 2.24) is 0 Å². The second-order valence-electron chi connectivity index (χ2n) is 6.31. The van der Waals surface area contributed by atoms with Crippen molar-refractivity contribution in [3.63, 3.8) is 0 Å². The fraction of sp³-hybridized carbons (Fsp3) is 0.130. The Morgan fingerprint density at radius 2 is 1.80 bits per heavy atom. The number of carbonyl (C=O) groups excluding carboxylic acids is 1. The van der Waals surface area contributed by atoms with Gasteiger partial charge in [-0.2, -0.15) is 0 Å². The molecule has 0 unspecified atom stereocenters. The minimum atomic E-state index is -0.484. The first-order valence-corrected chi connectivity index (χ1v) is 9.44. The van der Waals surface area contributed by atoms with Crippen LogP contribution >= 0.6 is 11.6 Å². The lowest BCUT2D eigenvalue weighted by atomic mass is 10.1. The third-order valence-electron chi connectivity index (χ3n) is 4.13. The normalized spacial score (nSPS) is 10.8. The van der Waals surface area contributed by atoms with Crippen LogP contribution < -0.4 is 9.47 Å². The highest BCUT2D eigenvalue weighted by Crippen LogP contribution is 2.22. The molecule has 0 aliphatic carbocycles. The predicted octanol–water partition coefficient (Wildman–Crippen LogP) is 5.19. The summed E-state index contributed by atoms with van der Waals surface area (Å²) >= 11 is 5.82. The average Bonchev–Trinajstić information content (AvgIpc) is 2.75. The molecule has 30 heavy (non-hydrogen) atoms. The van der Waals surface area contributed by atoms with Gasteiger partial charge < -0.3 is 14.3 Å².